The van der Waals surface area contributed by atoms with E-state index in [1.807, 2.05) is 0 Å². The third kappa shape index (κ3) is 2.68. The minimum atomic E-state index is -0.317. The average molecular weight is 326 g/mol. The highest BCUT2D eigenvalue weighted by molar-refractivity contribution is 6.04. The van der Waals surface area contributed by atoms with Crippen LogP contribution in [0.3, 0.4) is 0 Å². The lowest BCUT2D eigenvalue weighted by Crippen LogP contribution is -2.13. The molecule has 0 unspecified atom stereocenters. The number of aromatic amines is 1. The van der Waals surface area contributed by atoms with Crippen LogP contribution in [0, 0.1) is 12.7 Å². The molecule has 1 aromatic carbocycles. The van der Waals surface area contributed by atoms with Crippen LogP contribution in [0.4, 0.5) is 10.1 Å². The second-order valence-electron chi connectivity index (χ2n) is 5.91. The van der Waals surface area contributed by atoms with Gasteiger partial charge in [0.1, 0.15) is 22.9 Å². The van der Waals surface area contributed by atoms with Crippen molar-refractivity contribution in [2.75, 3.05) is 5.32 Å². The van der Waals surface area contributed by atoms with Crippen LogP contribution in [0.1, 0.15) is 40.7 Å². The lowest BCUT2D eigenvalue weighted by molar-refractivity contribution is 0.102. The fourth-order valence-electron chi connectivity index (χ4n) is 2.55. The third-order valence-electron chi connectivity index (χ3n) is 4.04. The first-order valence-electron chi connectivity index (χ1n) is 7.70. The van der Waals surface area contributed by atoms with Gasteiger partial charge in [-0.1, -0.05) is 5.16 Å². The standard InChI is InChI=1S/C17H15FN4O2/c1-9-15(16(24-22-9)11-2-3-11)19-17(23)14-8-13(20-21-14)10-4-6-12(18)7-5-10/h4-8,11H,2-3H2,1H3,(H,19,23)(H,20,21). The molecular weight excluding hydrogens is 311 g/mol. The topological polar surface area (TPSA) is 83.8 Å². The van der Waals surface area contributed by atoms with Crippen LogP contribution >= 0.6 is 0 Å². The molecule has 1 aliphatic rings. The summed E-state index contributed by atoms with van der Waals surface area (Å²) in [7, 11) is 0. The van der Waals surface area contributed by atoms with Gasteiger partial charge in [-0.3, -0.25) is 9.89 Å². The molecule has 3 aromatic rings. The molecule has 6 nitrogen and oxygen atoms in total. The molecule has 1 saturated carbocycles. The van der Waals surface area contributed by atoms with Gasteiger partial charge >= 0.3 is 0 Å². The number of halogens is 1. The van der Waals surface area contributed by atoms with E-state index < -0.39 is 0 Å². The molecule has 0 radical (unpaired) electrons. The molecular formula is C17H15FN4O2. The Morgan fingerprint density at radius 3 is 2.79 bits per heavy atom. The zero-order chi connectivity index (χ0) is 16.7. The van der Waals surface area contributed by atoms with Gasteiger partial charge < -0.3 is 9.84 Å². The zero-order valence-corrected chi connectivity index (χ0v) is 13.0. The Balaban J connectivity index is 1.55. The molecule has 7 heteroatoms. The van der Waals surface area contributed by atoms with Crippen LogP contribution in [0.2, 0.25) is 0 Å². The lowest BCUT2D eigenvalue weighted by Gasteiger charge is -2.03. The maximum Gasteiger partial charge on any atom is 0.273 e. The van der Waals surface area contributed by atoms with Crippen LogP contribution in [0.5, 0.6) is 0 Å². The molecule has 1 fully saturated rings. The van der Waals surface area contributed by atoms with Crippen LogP contribution in [0.15, 0.2) is 34.9 Å². The summed E-state index contributed by atoms with van der Waals surface area (Å²) >= 11 is 0. The summed E-state index contributed by atoms with van der Waals surface area (Å²) < 4.78 is 18.3. The number of carbonyl (C=O) groups excluding carboxylic acids is 1. The molecule has 1 aliphatic carbocycles. The number of benzene rings is 1. The monoisotopic (exact) mass is 326 g/mol. The van der Waals surface area contributed by atoms with Gasteiger partial charge in [-0.2, -0.15) is 5.10 Å². The number of amides is 1. The van der Waals surface area contributed by atoms with E-state index in [1.165, 1.54) is 12.1 Å². The number of aryl methyl sites for hydroxylation is 1. The molecule has 2 heterocycles. The van der Waals surface area contributed by atoms with E-state index in [-0.39, 0.29) is 11.7 Å². The molecule has 1 amide bonds. The number of nitrogens with zero attached hydrogens (tertiary/aromatic N) is 2. The van der Waals surface area contributed by atoms with Crippen molar-refractivity contribution in [3.8, 4) is 11.3 Å². The van der Waals surface area contributed by atoms with Crippen molar-refractivity contribution < 1.29 is 13.7 Å². The summed E-state index contributed by atoms with van der Waals surface area (Å²) in [5.74, 6) is 0.448. The van der Waals surface area contributed by atoms with Crippen LogP contribution < -0.4 is 5.32 Å². The van der Waals surface area contributed by atoms with Gasteiger partial charge in [-0.15, -0.1) is 0 Å². The highest BCUT2D eigenvalue weighted by atomic mass is 19.1. The summed E-state index contributed by atoms with van der Waals surface area (Å²) in [5, 5.41) is 13.6. The van der Waals surface area contributed by atoms with E-state index >= 15 is 0 Å². The zero-order valence-electron chi connectivity index (χ0n) is 13.0. The number of H-pyrrole nitrogens is 1. The first-order chi connectivity index (χ1) is 11.6. The van der Waals surface area contributed by atoms with E-state index in [0.29, 0.717) is 28.7 Å². The molecule has 0 saturated heterocycles. The van der Waals surface area contributed by atoms with Crippen molar-refractivity contribution in [1.82, 2.24) is 15.4 Å². The van der Waals surface area contributed by atoms with Crippen molar-refractivity contribution in [3.63, 3.8) is 0 Å². The minimum absolute atomic E-state index is 0.316. The number of carbonyl (C=O) groups is 1. The maximum atomic E-state index is 13.0. The largest absolute Gasteiger partial charge is 0.359 e. The predicted octanol–water partition coefficient (Wildman–Crippen LogP) is 3.64. The Bertz CT molecular complexity index is 894. The fraction of sp³-hybridized carbons (Fsp3) is 0.235. The predicted molar refractivity (Wildman–Crippen MR) is 85.1 cm³/mol. The van der Waals surface area contributed by atoms with Gasteiger partial charge in [0, 0.05) is 11.5 Å². The van der Waals surface area contributed by atoms with Crippen molar-refractivity contribution in [1.29, 1.82) is 0 Å². The van der Waals surface area contributed by atoms with Crippen LogP contribution in [0.25, 0.3) is 11.3 Å². The normalized spacial score (nSPS) is 13.9. The highest BCUT2D eigenvalue weighted by Crippen LogP contribution is 2.44. The van der Waals surface area contributed by atoms with Gasteiger partial charge in [0.25, 0.3) is 5.91 Å². The van der Waals surface area contributed by atoms with E-state index in [1.54, 1.807) is 25.1 Å². The highest BCUT2D eigenvalue weighted by Gasteiger charge is 2.32. The number of nitrogens with one attached hydrogen (secondary N) is 2. The summed E-state index contributed by atoms with van der Waals surface area (Å²) in [4.78, 5) is 12.4. The summed E-state index contributed by atoms with van der Waals surface area (Å²) in [6.45, 7) is 1.79. The van der Waals surface area contributed by atoms with Crippen molar-refractivity contribution in [2.45, 2.75) is 25.7 Å². The van der Waals surface area contributed by atoms with Crippen molar-refractivity contribution >= 4 is 11.6 Å². The number of hydrogen-bond donors (Lipinski definition) is 2. The Kier molecular flexibility index (Phi) is 3.41. The van der Waals surface area contributed by atoms with Gasteiger partial charge in [0.2, 0.25) is 0 Å². The van der Waals surface area contributed by atoms with Gasteiger partial charge in [-0.25, -0.2) is 4.39 Å². The lowest BCUT2D eigenvalue weighted by atomic mass is 10.1. The molecule has 4 rings (SSSR count). The molecule has 0 atom stereocenters. The number of anilines is 1. The second kappa shape index (κ2) is 5.59. The molecule has 2 N–H and O–H groups in total. The molecule has 2 aromatic heterocycles. The van der Waals surface area contributed by atoms with Gasteiger partial charge in [0.05, 0.1) is 5.69 Å². The average Bonchev–Trinajstić information content (AvgIpc) is 3.18. The number of rotatable bonds is 4. The quantitative estimate of drug-likeness (QED) is 0.766. The van der Waals surface area contributed by atoms with E-state index in [0.717, 1.165) is 24.2 Å². The Labute approximate surface area is 137 Å². The SMILES string of the molecule is Cc1noc(C2CC2)c1NC(=O)c1cc(-c2ccc(F)cc2)n[nH]1. The van der Waals surface area contributed by atoms with Crippen LogP contribution in [-0.4, -0.2) is 21.3 Å². The first kappa shape index (κ1) is 14.6. The first-order valence-corrected chi connectivity index (χ1v) is 7.70. The van der Waals surface area contributed by atoms with Crippen molar-refractivity contribution in [3.05, 3.63) is 53.3 Å². The molecule has 0 spiro atoms. The third-order valence-corrected chi connectivity index (χ3v) is 4.04. The number of aromatic nitrogens is 3. The van der Waals surface area contributed by atoms with Crippen LogP contribution in [-0.2, 0) is 0 Å². The van der Waals surface area contributed by atoms with E-state index in [4.69, 9.17) is 4.52 Å². The molecule has 0 aliphatic heterocycles. The molecule has 122 valence electrons. The Morgan fingerprint density at radius 2 is 2.08 bits per heavy atom. The Morgan fingerprint density at radius 1 is 1.33 bits per heavy atom. The smallest absolute Gasteiger partial charge is 0.273 e. The summed E-state index contributed by atoms with van der Waals surface area (Å²) in [5.41, 5.74) is 2.91. The van der Waals surface area contributed by atoms with E-state index in [9.17, 15) is 9.18 Å². The summed E-state index contributed by atoms with van der Waals surface area (Å²) in [6.07, 6.45) is 2.10. The second-order valence-corrected chi connectivity index (χ2v) is 5.91. The van der Waals surface area contributed by atoms with Crippen molar-refractivity contribution in [2.24, 2.45) is 0 Å². The molecule has 24 heavy (non-hydrogen) atoms. The van der Waals surface area contributed by atoms with Gasteiger partial charge in [-0.05, 0) is 50.1 Å². The number of hydrogen-bond acceptors (Lipinski definition) is 4. The fourth-order valence-corrected chi connectivity index (χ4v) is 2.55. The molecule has 0 bridgehead atoms. The van der Waals surface area contributed by atoms with Gasteiger partial charge in [0.15, 0.2) is 5.76 Å². The maximum absolute atomic E-state index is 13.0. The minimum Gasteiger partial charge on any atom is -0.359 e. The summed E-state index contributed by atoms with van der Waals surface area (Å²) in [6, 6.07) is 7.56. The Hall–Kier alpha value is -2.96. The van der Waals surface area contributed by atoms with E-state index in [2.05, 4.69) is 20.7 Å².